The summed E-state index contributed by atoms with van der Waals surface area (Å²) in [6.45, 7) is 5.80. The Kier molecular flexibility index (Phi) is 4.84. The van der Waals surface area contributed by atoms with Crippen molar-refractivity contribution in [1.29, 1.82) is 0 Å². The third-order valence-corrected chi connectivity index (χ3v) is 1.25. The summed E-state index contributed by atoms with van der Waals surface area (Å²) < 4.78 is 4.84. The van der Waals surface area contributed by atoms with E-state index in [0.29, 0.717) is 12.2 Å². The Balaban J connectivity index is 0.000000561. The Labute approximate surface area is 71.7 Å². The van der Waals surface area contributed by atoms with Crippen LogP contribution in [0.4, 0.5) is 0 Å². The lowest BCUT2D eigenvalue weighted by Crippen LogP contribution is -1.99. The zero-order valence-electron chi connectivity index (χ0n) is 7.63. The van der Waals surface area contributed by atoms with Gasteiger partial charge in [-0.2, -0.15) is 0 Å². The molecule has 0 aliphatic carbocycles. The van der Waals surface area contributed by atoms with Crippen molar-refractivity contribution >= 4 is 0 Å². The van der Waals surface area contributed by atoms with E-state index in [4.69, 9.17) is 9.52 Å². The van der Waals surface area contributed by atoms with Crippen LogP contribution in [0, 0.1) is 0 Å². The van der Waals surface area contributed by atoms with E-state index in [1.807, 2.05) is 13.8 Å². The van der Waals surface area contributed by atoms with Gasteiger partial charge in [0.2, 0.25) is 11.2 Å². The van der Waals surface area contributed by atoms with Crippen LogP contribution in [0.3, 0.4) is 0 Å². The molecule has 0 saturated carbocycles. The normalized spacial score (nSPS) is 8.58. The molecule has 0 aliphatic rings. The average molecular weight is 170 g/mol. The third kappa shape index (κ3) is 2.42. The fraction of sp³-hybridized carbons (Fsp3) is 0.444. The molecule has 1 aromatic heterocycles. The molecule has 0 bridgehead atoms. The second-order valence-corrected chi connectivity index (χ2v) is 1.91. The van der Waals surface area contributed by atoms with E-state index in [0.717, 1.165) is 0 Å². The maximum Gasteiger partial charge on any atom is 0.226 e. The maximum absolute atomic E-state index is 10.7. The van der Waals surface area contributed by atoms with E-state index < -0.39 is 0 Å². The van der Waals surface area contributed by atoms with Gasteiger partial charge in [-0.25, -0.2) is 0 Å². The molecule has 0 unspecified atom stereocenters. The summed E-state index contributed by atoms with van der Waals surface area (Å²) in [4.78, 5) is 10.7. The highest BCUT2D eigenvalue weighted by Crippen LogP contribution is 2.09. The third-order valence-electron chi connectivity index (χ3n) is 1.25. The fourth-order valence-corrected chi connectivity index (χ4v) is 0.701. The van der Waals surface area contributed by atoms with E-state index in [-0.39, 0.29) is 11.2 Å². The quantitative estimate of drug-likeness (QED) is 0.700. The molecule has 3 nitrogen and oxygen atoms in total. The standard InChI is InChI=1S/C7H8O3.C2H6/c1-2-6-7(9)5(8)3-4-10-6;1-2/h3-4,9H,2H2,1H3;1-2H3. The van der Waals surface area contributed by atoms with E-state index in [2.05, 4.69) is 0 Å². The molecular formula is C9H14O3. The van der Waals surface area contributed by atoms with Crippen LogP contribution in [0.2, 0.25) is 0 Å². The molecule has 0 aromatic carbocycles. The molecule has 0 amide bonds. The average Bonchev–Trinajstić information content (AvgIpc) is 2.13. The van der Waals surface area contributed by atoms with Crippen LogP contribution in [0.25, 0.3) is 0 Å². The Morgan fingerprint density at radius 3 is 2.50 bits per heavy atom. The first-order valence-electron chi connectivity index (χ1n) is 4.05. The summed E-state index contributed by atoms with van der Waals surface area (Å²) in [5.74, 6) is 0.0671. The molecule has 1 N–H and O–H groups in total. The molecule has 12 heavy (non-hydrogen) atoms. The Morgan fingerprint density at radius 1 is 1.50 bits per heavy atom. The van der Waals surface area contributed by atoms with Crippen LogP contribution >= 0.6 is 0 Å². The number of aryl methyl sites for hydroxylation is 1. The van der Waals surface area contributed by atoms with Gasteiger partial charge in [-0.15, -0.1) is 0 Å². The molecule has 0 radical (unpaired) electrons. The molecule has 0 atom stereocenters. The summed E-state index contributed by atoms with van der Waals surface area (Å²) in [6.07, 6.45) is 1.81. The highest BCUT2D eigenvalue weighted by molar-refractivity contribution is 5.21. The van der Waals surface area contributed by atoms with Crippen molar-refractivity contribution in [2.24, 2.45) is 0 Å². The lowest BCUT2D eigenvalue weighted by atomic mass is 10.3. The largest absolute Gasteiger partial charge is 0.502 e. The first-order valence-corrected chi connectivity index (χ1v) is 4.05. The number of aromatic hydroxyl groups is 1. The van der Waals surface area contributed by atoms with Crippen molar-refractivity contribution in [1.82, 2.24) is 0 Å². The van der Waals surface area contributed by atoms with Crippen LogP contribution in [0.5, 0.6) is 5.75 Å². The first-order chi connectivity index (χ1) is 5.75. The topological polar surface area (TPSA) is 50.4 Å². The zero-order chi connectivity index (χ0) is 9.56. The van der Waals surface area contributed by atoms with Crippen molar-refractivity contribution in [3.8, 4) is 5.75 Å². The number of hydrogen-bond acceptors (Lipinski definition) is 3. The second-order valence-electron chi connectivity index (χ2n) is 1.91. The van der Waals surface area contributed by atoms with Crippen LogP contribution in [-0.2, 0) is 6.42 Å². The summed E-state index contributed by atoms with van der Waals surface area (Å²) in [5, 5.41) is 8.99. The van der Waals surface area contributed by atoms with Crippen molar-refractivity contribution < 1.29 is 9.52 Å². The van der Waals surface area contributed by atoms with Gasteiger partial charge in [-0.3, -0.25) is 4.79 Å². The minimum atomic E-state index is -0.386. The van der Waals surface area contributed by atoms with Gasteiger partial charge in [0.15, 0.2) is 0 Å². The van der Waals surface area contributed by atoms with E-state index in [1.54, 1.807) is 6.92 Å². The second kappa shape index (κ2) is 5.41. The Hall–Kier alpha value is -1.25. The predicted molar refractivity (Wildman–Crippen MR) is 47.4 cm³/mol. The van der Waals surface area contributed by atoms with Gasteiger partial charge in [0.25, 0.3) is 0 Å². The molecule has 3 heteroatoms. The fourth-order valence-electron chi connectivity index (χ4n) is 0.701. The highest BCUT2D eigenvalue weighted by Gasteiger charge is 2.02. The zero-order valence-corrected chi connectivity index (χ0v) is 7.63. The number of rotatable bonds is 1. The molecule has 1 heterocycles. The van der Waals surface area contributed by atoms with Crippen molar-refractivity contribution in [3.05, 3.63) is 28.3 Å². The summed E-state index contributed by atoms with van der Waals surface area (Å²) in [5.41, 5.74) is -0.386. The molecule has 1 aromatic rings. The maximum atomic E-state index is 10.7. The van der Waals surface area contributed by atoms with E-state index in [9.17, 15) is 4.79 Å². The van der Waals surface area contributed by atoms with Crippen LogP contribution in [-0.4, -0.2) is 5.11 Å². The van der Waals surface area contributed by atoms with E-state index in [1.165, 1.54) is 12.3 Å². The van der Waals surface area contributed by atoms with Crippen LogP contribution in [0.1, 0.15) is 26.5 Å². The molecule has 1 rings (SSSR count). The molecule has 0 spiro atoms. The van der Waals surface area contributed by atoms with Crippen molar-refractivity contribution in [2.75, 3.05) is 0 Å². The molecule has 0 saturated heterocycles. The lowest BCUT2D eigenvalue weighted by molar-refractivity contribution is 0.402. The van der Waals surface area contributed by atoms with Crippen molar-refractivity contribution in [2.45, 2.75) is 27.2 Å². The molecule has 0 fully saturated rings. The van der Waals surface area contributed by atoms with Crippen molar-refractivity contribution in [3.63, 3.8) is 0 Å². The smallest absolute Gasteiger partial charge is 0.226 e. The minimum Gasteiger partial charge on any atom is -0.502 e. The summed E-state index contributed by atoms with van der Waals surface area (Å²) in [6, 6.07) is 1.19. The monoisotopic (exact) mass is 170 g/mol. The predicted octanol–water partition coefficient (Wildman–Crippen LogP) is 1.93. The summed E-state index contributed by atoms with van der Waals surface area (Å²) in [7, 11) is 0. The van der Waals surface area contributed by atoms with Gasteiger partial charge in [-0.1, -0.05) is 20.8 Å². The summed E-state index contributed by atoms with van der Waals surface area (Å²) >= 11 is 0. The lowest BCUT2D eigenvalue weighted by Gasteiger charge is -1.95. The molecule has 68 valence electrons. The van der Waals surface area contributed by atoms with Gasteiger partial charge in [0, 0.05) is 12.5 Å². The van der Waals surface area contributed by atoms with Crippen LogP contribution in [0.15, 0.2) is 21.5 Å². The molecular weight excluding hydrogens is 156 g/mol. The number of hydrogen-bond donors (Lipinski definition) is 1. The first kappa shape index (κ1) is 10.8. The minimum absolute atomic E-state index is 0.273. The van der Waals surface area contributed by atoms with Gasteiger partial charge < -0.3 is 9.52 Å². The van der Waals surface area contributed by atoms with Gasteiger partial charge in [0.1, 0.15) is 5.76 Å². The van der Waals surface area contributed by atoms with Gasteiger partial charge in [0.05, 0.1) is 6.26 Å². The Morgan fingerprint density at radius 2 is 2.08 bits per heavy atom. The highest BCUT2D eigenvalue weighted by atomic mass is 16.4. The van der Waals surface area contributed by atoms with E-state index >= 15 is 0 Å². The van der Waals surface area contributed by atoms with Gasteiger partial charge in [-0.05, 0) is 0 Å². The SMILES string of the molecule is CC.CCc1occc(=O)c1O. The Bertz CT molecular complexity index is 275. The van der Waals surface area contributed by atoms with Crippen LogP contribution < -0.4 is 5.43 Å². The molecule has 0 aliphatic heterocycles. The van der Waals surface area contributed by atoms with Gasteiger partial charge >= 0.3 is 0 Å².